The molecule has 0 fully saturated rings. The van der Waals surface area contributed by atoms with E-state index < -0.39 is 0 Å². The Kier molecular flexibility index (Phi) is 3.83. The van der Waals surface area contributed by atoms with E-state index in [1.165, 1.54) is 6.20 Å². The van der Waals surface area contributed by atoms with Crippen LogP contribution in [0.3, 0.4) is 0 Å². The lowest BCUT2D eigenvalue weighted by Crippen LogP contribution is -2.16. The van der Waals surface area contributed by atoms with Crippen molar-refractivity contribution in [2.75, 3.05) is 5.32 Å². The molecule has 1 N–H and O–H groups in total. The second-order valence-electron chi connectivity index (χ2n) is 5.16. The van der Waals surface area contributed by atoms with Crippen LogP contribution in [0.15, 0.2) is 48.7 Å². The fourth-order valence-electron chi connectivity index (χ4n) is 2.45. The second kappa shape index (κ2) is 5.93. The summed E-state index contributed by atoms with van der Waals surface area (Å²) in [6.07, 6.45) is 2.38. The van der Waals surface area contributed by atoms with Crippen LogP contribution >= 0.6 is 0 Å². The summed E-state index contributed by atoms with van der Waals surface area (Å²) in [4.78, 5) is 21.1. The van der Waals surface area contributed by atoms with Gasteiger partial charge in [0.25, 0.3) is 5.91 Å². The van der Waals surface area contributed by atoms with Gasteiger partial charge in [-0.25, -0.2) is 4.98 Å². The monoisotopic (exact) mass is 291 g/mol. The van der Waals surface area contributed by atoms with Crippen molar-refractivity contribution in [2.45, 2.75) is 20.3 Å². The number of aryl methyl sites for hydroxylation is 2. The van der Waals surface area contributed by atoms with Crippen LogP contribution in [0.25, 0.3) is 11.0 Å². The lowest BCUT2D eigenvalue weighted by Gasteiger charge is -2.12. The number of aromatic nitrogens is 2. The predicted octanol–water partition coefficient (Wildman–Crippen LogP) is 3.75. The summed E-state index contributed by atoms with van der Waals surface area (Å²) in [7, 11) is 0. The largest absolute Gasteiger partial charge is 0.320 e. The van der Waals surface area contributed by atoms with Crippen molar-refractivity contribution in [1.29, 1.82) is 0 Å². The van der Waals surface area contributed by atoms with Crippen molar-refractivity contribution in [2.24, 2.45) is 0 Å². The third kappa shape index (κ3) is 2.68. The number of fused-ring (bicyclic) bond motifs is 1. The zero-order valence-corrected chi connectivity index (χ0v) is 12.6. The zero-order chi connectivity index (χ0) is 15.5. The fraction of sp³-hybridized carbons (Fsp3) is 0.167. The molecule has 1 amide bonds. The van der Waals surface area contributed by atoms with Gasteiger partial charge >= 0.3 is 0 Å². The Morgan fingerprint density at radius 2 is 1.86 bits per heavy atom. The average Bonchev–Trinajstić information content (AvgIpc) is 2.56. The molecular formula is C18H17N3O. The number of carbonyl (C=O) groups excluding carboxylic acids is 1. The number of hydrogen-bond acceptors (Lipinski definition) is 3. The minimum atomic E-state index is -0.234. The maximum atomic E-state index is 12.5. The number of carbonyl (C=O) groups is 1. The van der Waals surface area contributed by atoms with Gasteiger partial charge < -0.3 is 5.32 Å². The number of para-hydroxylation sites is 3. The highest BCUT2D eigenvalue weighted by Gasteiger charge is 2.12. The highest BCUT2D eigenvalue weighted by atomic mass is 16.1. The minimum absolute atomic E-state index is 0.234. The molecule has 0 saturated carbocycles. The Labute approximate surface area is 129 Å². The van der Waals surface area contributed by atoms with E-state index in [-0.39, 0.29) is 5.91 Å². The van der Waals surface area contributed by atoms with Gasteiger partial charge in [0.15, 0.2) is 0 Å². The van der Waals surface area contributed by atoms with E-state index in [4.69, 9.17) is 0 Å². The number of hydrogen-bond donors (Lipinski definition) is 1. The molecule has 3 aromatic rings. The molecule has 0 unspecified atom stereocenters. The molecule has 0 saturated heterocycles. The Balaban J connectivity index is 1.93. The molecule has 2 aromatic carbocycles. The average molecular weight is 291 g/mol. The predicted molar refractivity (Wildman–Crippen MR) is 88.0 cm³/mol. The third-order valence-corrected chi connectivity index (χ3v) is 3.66. The number of benzene rings is 2. The zero-order valence-electron chi connectivity index (χ0n) is 12.6. The summed E-state index contributed by atoms with van der Waals surface area (Å²) in [6, 6.07) is 13.5. The first-order chi connectivity index (χ1) is 10.7. The number of anilines is 1. The summed E-state index contributed by atoms with van der Waals surface area (Å²) in [5, 5.41) is 2.97. The van der Waals surface area contributed by atoms with E-state index in [1.54, 1.807) is 0 Å². The van der Waals surface area contributed by atoms with Gasteiger partial charge in [-0.2, -0.15) is 0 Å². The SMILES string of the molecule is CCc1cccc(C)c1NC(=O)c1cnc2ccccc2n1. The molecule has 0 atom stereocenters. The Morgan fingerprint density at radius 1 is 1.09 bits per heavy atom. The van der Waals surface area contributed by atoms with Crippen LogP contribution in [-0.2, 0) is 6.42 Å². The van der Waals surface area contributed by atoms with Crippen LogP contribution in [-0.4, -0.2) is 15.9 Å². The van der Waals surface area contributed by atoms with Gasteiger partial charge in [-0.1, -0.05) is 37.3 Å². The molecule has 0 aliphatic rings. The number of amides is 1. The molecule has 1 aromatic heterocycles. The Bertz CT molecular complexity index is 843. The van der Waals surface area contributed by atoms with Crippen LogP contribution in [0, 0.1) is 6.92 Å². The van der Waals surface area contributed by atoms with Crippen LogP contribution in [0.4, 0.5) is 5.69 Å². The summed E-state index contributed by atoms with van der Waals surface area (Å²) in [5.74, 6) is -0.234. The highest BCUT2D eigenvalue weighted by molar-refractivity contribution is 6.04. The van der Waals surface area contributed by atoms with E-state index in [0.717, 1.165) is 34.3 Å². The standard InChI is InChI=1S/C18H17N3O/c1-3-13-8-6-7-12(2)17(13)21-18(22)16-11-19-14-9-4-5-10-15(14)20-16/h4-11H,3H2,1-2H3,(H,21,22). The van der Waals surface area contributed by atoms with E-state index in [0.29, 0.717) is 5.69 Å². The van der Waals surface area contributed by atoms with Crippen molar-refractivity contribution in [3.05, 3.63) is 65.5 Å². The molecule has 0 aliphatic carbocycles. The van der Waals surface area contributed by atoms with Gasteiger partial charge in [-0.15, -0.1) is 0 Å². The van der Waals surface area contributed by atoms with Gasteiger partial charge in [0.05, 0.1) is 17.2 Å². The van der Waals surface area contributed by atoms with Gasteiger partial charge in [0, 0.05) is 5.69 Å². The van der Waals surface area contributed by atoms with Crippen molar-refractivity contribution in [1.82, 2.24) is 9.97 Å². The molecule has 3 rings (SSSR count). The normalized spacial score (nSPS) is 10.6. The van der Waals surface area contributed by atoms with Gasteiger partial charge in [-0.3, -0.25) is 9.78 Å². The molecular weight excluding hydrogens is 274 g/mol. The third-order valence-electron chi connectivity index (χ3n) is 3.66. The molecule has 0 aliphatic heterocycles. The smallest absolute Gasteiger partial charge is 0.275 e. The molecule has 4 heteroatoms. The topological polar surface area (TPSA) is 54.9 Å². The fourth-order valence-corrected chi connectivity index (χ4v) is 2.45. The van der Waals surface area contributed by atoms with Crippen LogP contribution < -0.4 is 5.32 Å². The van der Waals surface area contributed by atoms with Crippen LogP contribution in [0.1, 0.15) is 28.5 Å². The van der Waals surface area contributed by atoms with E-state index in [1.807, 2.05) is 49.4 Å². The maximum absolute atomic E-state index is 12.5. The molecule has 1 heterocycles. The first-order valence-corrected chi connectivity index (χ1v) is 7.30. The summed E-state index contributed by atoms with van der Waals surface area (Å²) >= 11 is 0. The Hall–Kier alpha value is -2.75. The van der Waals surface area contributed by atoms with Crippen molar-refractivity contribution in [3.63, 3.8) is 0 Å². The molecule has 22 heavy (non-hydrogen) atoms. The van der Waals surface area contributed by atoms with Crippen molar-refractivity contribution < 1.29 is 4.79 Å². The summed E-state index contributed by atoms with van der Waals surface area (Å²) in [5.41, 5.74) is 4.84. The van der Waals surface area contributed by atoms with Gasteiger partial charge in [-0.05, 0) is 36.6 Å². The number of nitrogens with zero attached hydrogens (tertiary/aromatic N) is 2. The first kappa shape index (κ1) is 14.2. The van der Waals surface area contributed by atoms with E-state index >= 15 is 0 Å². The van der Waals surface area contributed by atoms with Crippen molar-refractivity contribution in [3.8, 4) is 0 Å². The molecule has 0 spiro atoms. The molecule has 110 valence electrons. The Morgan fingerprint density at radius 3 is 2.64 bits per heavy atom. The molecule has 4 nitrogen and oxygen atoms in total. The van der Waals surface area contributed by atoms with Crippen LogP contribution in [0.5, 0.6) is 0 Å². The van der Waals surface area contributed by atoms with Gasteiger partial charge in [0.1, 0.15) is 5.69 Å². The maximum Gasteiger partial charge on any atom is 0.275 e. The summed E-state index contributed by atoms with van der Waals surface area (Å²) in [6.45, 7) is 4.06. The van der Waals surface area contributed by atoms with Crippen molar-refractivity contribution >= 4 is 22.6 Å². The number of rotatable bonds is 3. The first-order valence-electron chi connectivity index (χ1n) is 7.30. The summed E-state index contributed by atoms with van der Waals surface area (Å²) < 4.78 is 0. The number of nitrogens with one attached hydrogen (secondary N) is 1. The van der Waals surface area contributed by atoms with E-state index in [2.05, 4.69) is 22.2 Å². The van der Waals surface area contributed by atoms with Gasteiger partial charge in [0.2, 0.25) is 0 Å². The lowest BCUT2D eigenvalue weighted by atomic mass is 10.1. The van der Waals surface area contributed by atoms with Crippen LogP contribution in [0.2, 0.25) is 0 Å². The minimum Gasteiger partial charge on any atom is -0.320 e. The molecule has 0 bridgehead atoms. The quantitative estimate of drug-likeness (QED) is 0.799. The molecule has 0 radical (unpaired) electrons. The highest BCUT2D eigenvalue weighted by Crippen LogP contribution is 2.21. The van der Waals surface area contributed by atoms with E-state index in [9.17, 15) is 4.79 Å². The lowest BCUT2D eigenvalue weighted by molar-refractivity contribution is 0.102. The second-order valence-corrected chi connectivity index (χ2v) is 5.16.